The van der Waals surface area contributed by atoms with E-state index < -0.39 is 0 Å². The first-order valence-corrected chi connectivity index (χ1v) is 9.70. The second-order valence-corrected chi connectivity index (χ2v) is 9.08. The van der Waals surface area contributed by atoms with Gasteiger partial charge in [-0.2, -0.15) is 5.26 Å². The van der Waals surface area contributed by atoms with E-state index in [9.17, 15) is 10.1 Å². The molecule has 0 unspecified atom stereocenters. The largest absolute Gasteiger partial charge is 0.353 e. The third-order valence-corrected chi connectivity index (χ3v) is 5.22. The third kappa shape index (κ3) is 4.63. The lowest BCUT2D eigenvalue weighted by atomic mass is 9.75. The molecular formula is C22H28N4O. The lowest BCUT2D eigenvalue weighted by molar-refractivity contribution is -0.123. The molecule has 142 valence electrons. The topological polar surface area (TPSA) is 78.7 Å². The lowest BCUT2D eigenvalue weighted by Crippen LogP contribution is -2.41. The quantitative estimate of drug-likeness (QED) is 0.879. The lowest BCUT2D eigenvalue weighted by Gasteiger charge is -2.35. The Morgan fingerprint density at radius 1 is 1.19 bits per heavy atom. The molecule has 0 spiro atoms. The maximum atomic E-state index is 12.4. The number of hydrogen-bond acceptors (Lipinski definition) is 4. The minimum Gasteiger partial charge on any atom is -0.353 e. The SMILES string of the molecule is C[C@H]1C[C@@H](NC(=O)CC(C)(C)C)C[C@H](c2ccc(C#N)c3nccnc23)C1. The van der Waals surface area contributed by atoms with Crippen LogP contribution in [0.25, 0.3) is 11.0 Å². The van der Waals surface area contributed by atoms with Gasteiger partial charge in [0, 0.05) is 24.9 Å². The van der Waals surface area contributed by atoms with E-state index in [1.807, 2.05) is 12.1 Å². The molecule has 2 aromatic rings. The Kier molecular flexibility index (Phi) is 5.46. The van der Waals surface area contributed by atoms with Gasteiger partial charge in [0.05, 0.1) is 11.1 Å². The zero-order valence-corrected chi connectivity index (χ0v) is 16.6. The molecule has 0 saturated heterocycles. The van der Waals surface area contributed by atoms with Crippen LogP contribution >= 0.6 is 0 Å². The Balaban J connectivity index is 1.84. The molecule has 5 heteroatoms. The molecular weight excluding hydrogens is 336 g/mol. The van der Waals surface area contributed by atoms with Crippen molar-refractivity contribution in [1.29, 1.82) is 5.26 Å². The van der Waals surface area contributed by atoms with Crippen molar-refractivity contribution in [3.63, 3.8) is 0 Å². The number of nitriles is 1. The molecule has 27 heavy (non-hydrogen) atoms. The Morgan fingerprint density at radius 3 is 2.56 bits per heavy atom. The summed E-state index contributed by atoms with van der Waals surface area (Å²) in [6.45, 7) is 8.49. The summed E-state index contributed by atoms with van der Waals surface area (Å²) in [5, 5.41) is 12.6. The van der Waals surface area contributed by atoms with Gasteiger partial charge < -0.3 is 5.32 Å². The van der Waals surface area contributed by atoms with Crippen molar-refractivity contribution in [2.45, 2.75) is 65.3 Å². The van der Waals surface area contributed by atoms with Gasteiger partial charge in [0.25, 0.3) is 0 Å². The summed E-state index contributed by atoms with van der Waals surface area (Å²) in [5.41, 5.74) is 3.17. The number of nitrogens with zero attached hydrogens (tertiary/aromatic N) is 3. The van der Waals surface area contributed by atoms with Gasteiger partial charge in [-0.3, -0.25) is 14.8 Å². The minimum absolute atomic E-state index is 0.0112. The summed E-state index contributed by atoms with van der Waals surface area (Å²) in [7, 11) is 0. The highest BCUT2D eigenvalue weighted by atomic mass is 16.1. The molecule has 1 aliphatic rings. The number of benzene rings is 1. The van der Waals surface area contributed by atoms with Gasteiger partial charge in [-0.25, -0.2) is 0 Å². The van der Waals surface area contributed by atoms with E-state index in [4.69, 9.17) is 0 Å². The predicted molar refractivity (Wildman–Crippen MR) is 106 cm³/mol. The van der Waals surface area contributed by atoms with Crippen LogP contribution in [0.15, 0.2) is 24.5 Å². The van der Waals surface area contributed by atoms with Crippen LogP contribution in [-0.4, -0.2) is 21.9 Å². The van der Waals surface area contributed by atoms with Gasteiger partial charge in [-0.05, 0) is 48.1 Å². The fraction of sp³-hybridized carbons (Fsp3) is 0.545. The van der Waals surface area contributed by atoms with Gasteiger partial charge >= 0.3 is 0 Å². The summed E-state index contributed by atoms with van der Waals surface area (Å²) in [6, 6.07) is 6.25. The summed E-state index contributed by atoms with van der Waals surface area (Å²) in [5.74, 6) is 0.955. The molecule has 1 aromatic heterocycles. The molecule has 1 N–H and O–H groups in total. The Hall–Kier alpha value is -2.48. The summed E-state index contributed by atoms with van der Waals surface area (Å²) in [4.78, 5) is 21.3. The number of aromatic nitrogens is 2. The van der Waals surface area contributed by atoms with Crippen LogP contribution in [0.1, 0.15) is 70.4 Å². The average Bonchev–Trinajstić information content (AvgIpc) is 2.58. The monoisotopic (exact) mass is 364 g/mol. The van der Waals surface area contributed by atoms with Crippen molar-refractivity contribution in [3.8, 4) is 6.07 Å². The molecule has 3 atom stereocenters. The van der Waals surface area contributed by atoms with E-state index in [2.05, 4.69) is 49.0 Å². The fourth-order valence-corrected chi connectivity index (χ4v) is 4.23. The van der Waals surface area contributed by atoms with E-state index in [1.165, 1.54) is 0 Å². The second-order valence-electron chi connectivity index (χ2n) is 9.08. The molecule has 0 aliphatic heterocycles. The maximum absolute atomic E-state index is 12.4. The van der Waals surface area contributed by atoms with Gasteiger partial charge in [-0.1, -0.05) is 33.8 Å². The Morgan fingerprint density at radius 2 is 1.89 bits per heavy atom. The van der Waals surface area contributed by atoms with Crippen molar-refractivity contribution >= 4 is 16.9 Å². The highest BCUT2D eigenvalue weighted by Gasteiger charge is 2.30. The third-order valence-electron chi connectivity index (χ3n) is 5.22. The first-order valence-electron chi connectivity index (χ1n) is 9.70. The van der Waals surface area contributed by atoms with Crippen molar-refractivity contribution in [2.24, 2.45) is 11.3 Å². The Bertz CT molecular complexity index is 878. The van der Waals surface area contributed by atoms with Crippen LogP contribution in [0.2, 0.25) is 0 Å². The molecule has 3 rings (SSSR count). The number of fused-ring (bicyclic) bond motifs is 1. The average molecular weight is 364 g/mol. The second kappa shape index (κ2) is 7.64. The number of hydrogen-bond donors (Lipinski definition) is 1. The summed E-state index contributed by atoms with van der Waals surface area (Å²) >= 11 is 0. The van der Waals surface area contributed by atoms with E-state index in [1.54, 1.807) is 12.4 Å². The molecule has 1 aromatic carbocycles. The zero-order valence-electron chi connectivity index (χ0n) is 16.6. The standard InChI is InChI=1S/C22H28N4O/c1-14-9-16(11-17(10-14)26-19(27)12-22(2,3)4)18-6-5-15(13-23)20-21(18)25-8-7-24-20/h5-8,14,16-17H,9-12H2,1-4H3,(H,26,27)/t14-,16-,17-/m1/s1. The molecule has 1 saturated carbocycles. The van der Waals surface area contributed by atoms with E-state index in [-0.39, 0.29) is 17.4 Å². The normalized spacial score (nSPS) is 23.0. The van der Waals surface area contributed by atoms with Crippen molar-refractivity contribution < 1.29 is 4.79 Å². The first-order chi connectivity index (χ1) is 12.8. The molecule has 0 bridgehead atoms. The maximum Gasteiger partial charge on any atom is 0.220 e. The van der Waals surface area contributed by atoms with Gasteiger partial charge in [0.15, 0.2) is 0 Å². The zero-order chi connectivity index (χ0) is 19.6. The molecule has 5 nitrogen and oxygen atoms in total. The molecule has 1 aliphatic carbocycles. The van der Waals surface area contributed by atoms with Crippen molar-refractivity contribution in [2.75, 3.05) is 0 Å². The Labute approximate surface area is 161 Å². The van der Waals surface area contributed by atoms with Crippen LogP contribution in [0.4, 0.5) is 0 Å². The predicted octanol–water partition coefficient (Wildman–Crippen LogP) is 4.33. The fourth-order valence-electron chi connectivity index (χ4n) is 4.23. The first kappa shape index (κ1) is 19.3. The van der Waals surface area contributed by atoms with Crippen LogP contribution in [0, 0.1) is 22.7 Å². The van der Waals surface area contributed by atoms with Crippen LogP contribution in [0.3, 0.4) is 0 Å². The van der Waals surface area contributed by atoms with E-state index >= 15 is 0 Å². The van der Waals surface area contributed by atoms with Gasteiger partial charge in [0.1, 0.15) is 11.6 Å². The highest BCUT2D eigenvalue weighted by Crippen LogP contribution is 2.39. The van der Waals surface area contributed by atoms with Crippen LogP contribution in [0.5, 0.6) is 0 Å². The molecule has 1 heterocycles. The molecule has 1 fully saturated rings. The van der Waals surface area contributed by atoms with Crippen molar-refractivity contribution in [1.82, 2.24) is 15.3 Å². The van der Waals surface area contributed by atoms with Crippen LogP contribution in [-0.2, 0) is 4.79 Å². The molecule has 0 radical (unpaired) electrons. The van der Waals surface area contributed by atoms with Gasteiger partial charge in [-0.15, -0.1) is 0 Å². The smallest absolute Gasteiger partial charge is 0.220 e. The summed E-state index contributed by atoms with van der Waals surface area (Å²) < 4.78 is 0. The number of nitrogens with one attached hydrogen (secondary N) is 1. The van der Waals surface area contributed by atoms with Gasteiger partial charge in [0.2, 0.25) is 5.91 Å². The van der Waals surface area contributed by atoms with E-state index in [0.29, 0.717) is 29.3 Å². The highest BCUT2D eigenvalue weighted by molar-refractivity contribution is 5.84. The number of carbonyl (C=O) groups is 1. The van der Waals surface area contributed by atoms with Crippen LogP contribution < -0.4 is 5.32 Å². The van der Waals surface area contributed by atoms with Crippen molar-refractivity contribution in [3.05, 3.63) is 35.7 Å². The number of rotatable bonds is 3. The molecule has 1 amide bonds. The number of amides is 1. The summed E-state index contributed by atoms with van der Waals surface area (Å²) in [6.07, 6.45) is 6.81. The van der Waals surface area contributed by atoms with E-state index in [0.717, 1.165) is 30.3 Å². The minimum atomic E-state index is -0.0112. The number of carbonyl (C=O) groups excluding carboxylic acids is 1.